The van der Waals surface area contributed by atoms with Crippen LogP contribution in [0.2, 0.25) is 0 Å². The molecule has 0 saturated heterocycles. The summed E-state index contributed by atoms with van der Waals surface area (Å²) in [6, 6.07) is 72.2. The topological polar surface area (TPSA) is 0 Å². The van der Waals surface area contributed by atoms with E-state index in [-0.39, 0.29) is 0 Å². The van der Waals surface area contributed by atoms with E-state index < -0.39 is 0 Å². The molecule has 12 aromatic rings. The molecule has 0 atom stereocenters. The van der Waals surface area contributed by atoms with Gasteiger partial charge in [-0.1, -0.05) is 164 Å². The minimum atomic E-state index is 1.23. The van der Waals surface area contributed by atoms with Crippen molar-refractivity contribution in [1.82, 2.24) is 0 Å². The Morgan fingerprint density at radius 2 is 0.691 bits per heavy atom. The molecule has 0 unspecified atom stereocenters. The van der Waals surface area contributed by atoms with Crippen molar-refractivity contribution in [3.05, 3.63) is 194 Å². The van der Waals surface area contributed by atoms with Crippen LogP contribution in [0, 0.1) is 0 Å². The summed E-state index contributed by atoms with van der Waals surface area (Å²) in [6.45, 7) is 0. The van der Waals surface area contributed by atoms with Gasteiger partial charge in [-0.25, -0.2) is 0 Å². The van der Waals surface area contributed by atoms with E-state index in [1.54, 1.807) is 0 Å². The van der Waals surface area contributed by atoms with Crippen molar-refractivity contribution in [2.24, 2.45) is 0 Å². The first-order valence-electron chi connectivity index (χ1n) is 19.0. The highest BCUT2D eigenvalue weighted by Crippen LogP contribution is 2.47. The van der Waals surface area contributed by atoms with E-state index >= 15 is 0 Å². The Morgan fingerprint density at radius 3 is 1.40 bits per heavy atom. The Bertz CT molecular complexity index is 3510. The van der Waals surface area contributed by atoms with Crippen molar-refractivity contribution in [2.45, 2.75) is 0 Å². The van der Waals surface area contributed by atoms with Crippen LogP contribution in [0.1, 0.15) is 0 Å². The zero-order valence-electron chi connectivity index (χ0n) is 29.9. The number of benzene rings is 11. The third-order valence-electron chi connectivity index (χ3n) is 11.8. The third-order valence-corrected chi connectivity index (χ3v) is 13.0. The normalized spacial score (nSPS) is 12.0. The van der Waals surface area contributed by atoms with Gasteiger partial charge in [0, 0.05) is 25.6 Å². The third kappa shape index (κ3) is 4.57. The summed E-state index contributed by atoms with van der Waals surface area (Å²) in [5.74, 6) is 0. The number of hydrogen-bond donors (Lipinski definition) is 0. The standard InChI is InChI=1S/C54H32S/c1-2-13-33(14-3-1)34-15-12-16-35(29-34)47-31-50-40-20-7-5-18-38(40)48(32-51(50)39-19-6-4-17-37(39)47)36-25-26-42-45-27-28-46-43-22-10-11-24-52(43)55-54(46)53(45)44-23-9-8-21-41(44)49(42)30-36/h1-32H. The van der Waals surface area contributed by atoms with E-state index in [1.165, 1.54) is 118 Å². The summed E-state index contributed by atoms with van der Waals surface area (Å²) in [5.41, 5.74) is 7.45. The molecule has 12 rings (SSSR count). The van der Waals surface area contributed by atoms with Gasteiger partial charge in [-0.05, 0) is 123 Å². The Hall–Kier alpha value is -6.80. The van der Waals surface area contributed by atoms with Crippen LogP contribution in [0.3, 0.4) is 0 Å². The first-order valence-corrected chi connectivity index (χ1v) is 19.8. The molecule has 0 aliphatic heterocycles. The number of thiophene rings is 1. The lowest BCUT2D eigenvalue weighted by atomic mass is 9.86. The van der Waals surface area contributed by atoms with Crippen molar-refractivity contribution >= 4 is 96.1 Å². The van der Waals surface area contributed by atoms with Crippen LogP contribution in [-0.4, -0.2) is 0 Å². The monoisotopic (exact) mass is 712 g/mol. The highest BCUT2D eigenvalue weighted by molar-refractivity contribution is 7.26. The van der Waals surface area contributed by atoms with Crippen molar-refractivity contribution in [2.75, 3.05) is 0 Å². The predicted molar refractivity (Wildman–Crippen MR) is 241 cm³/mol. The highest BCUT2D eigenvalue weighted by Gasteiger charge is 2.18. The second-order valence-corrected chi connectivity index (χ2v) is 15.8. The zero-order valence-corrected chi connectivity index (χ0v) is 30.7. The summed E-state index contributed by atoms with van der Waals surface area (Å²) in [6.07, 6.45) is 0. The second-order valence-electron chi connectivity index (χ2n) is 14.8. The maximum atomic E-state index is 2.45. The quantitative estimate of drug-likeness (QED) is 0.160. The summed E-state index contributed by atoms with van der Waals surface area (Å²) >= 11 is 1.92. The maximum Gasteiger partial charge on any atom is 0.0440 e. The summed E-state index contributed by atoms with van der Waals surface area (Å²) in [7, 11) is 0. The lowest BCUT2D eigenvalue weighted by Crippen LogP contribution is -1.90. The van der Waals surface area contributed by atoms with Crippen molar-refractivity contribution < 1.29 is 0 Å². The van der Waals surface area contributed by atoms with Gasteiger partial charge in [0.2, 0.25) is 0 Å². The van der Waals surface area contributed by atoms with Gasteiger partial charge in [0.25, 0.3) is 0 Å². The fraction of sp³-hybridized carbons (Fsp3) is 0. The van der Waals surface area contributed by atoms with Crippen LogP contribution < -0.4 is 0 Å². The van der Waals surface area contributed by atoms with Gasteiger partial charge in [0.1, 0.15) is 0 Å². The minimum Gasteiger partial charge on any atom is -0.135 e. The lowest BCUT2D eigenvalue weighted by Gasteiger charge is -2.17. The molecule has 0 bridgehead atoms. The number of fused-ring (bicyclic) bond motifs is 15. The molecule has 55 heavy (non-hydrogen) atoms. The molecular weight excluding hydrogens is 681 g/mol. The SMILES string of the molecule is c1ccc(-c2cccc(-c3cc4c5ccccc5c(-c5ccc6c(c5)c5ccccc5c5c6ccc6c7ccccc7sc65)cc4c4ccccc34)c2)cc1. The van der Waals surface area contributed by atoms with Crippen LogP contribution in [0.25, 0.3) is 118 Å². The molecular formula is C54H32S. The fourth-order valence-electron chi connectivity index (χ4n) is 9.31. The molecule has 1 aromatic heterocycles. The van der Waals surface area contributed by atoms with Gasteiger partial charge in [0.15, 0.2) is 0 Å². The first kappa shape index (κ1) is 30.6. The van der Waals surface area contributed by atoms with Gasteiger partial charge in [-0.15, -0.1) is 11.3 Å². The average molecular weight is 713 g/mol. The van der Waals surface area contributed by atoms with Crippen LogP contribution in [0.15, 0.2) is 194 Å². The molecule has 1 heteroatoms. The van der Waals surface area contributed by atoms with Crippen LogP contribution in [0.5, 0.6) is 0 Å². The molecule has 0 N–H and O–H groups in total. The Kier molecular flexibility index (Phi) is 6.60. The molecule has 0 fully saturated rings. The Labute approximate surface area is 322 Å². The van der Waals surface area contributed by atoms with Crippen molar-refractivity contribution in [1.29, 1.82) is 0 Å². The molecule has 0 aliphatic carbocycles. The zero-order chi connectivity index (χ0) is 36.0. The Balaban J connectivity index is 1.12. The highest BCUT2D eigenvalue weighted by atomic mass is 32.1. The van der Waals surface area contributed by atoms with Gasteiger partial charge < -0.3 is 0 Å². The van der Waals surface area contributed by atoms with Crippen molar-refractivity contribution in [3.8, 4) is 33.4 Å². The van der Waals surface area contributed by atoms with E-state index in [2.05, 4.69) is 194 Å². The lowest BCUT2D eigenvalue weighted by molar-refractivity contribution is 1.61. The molecule has 1 heterocycles. The smallest absolute Gasteiger partial charge is 0.0440 e. The van der Waals surface area contributed by atoms with Gasteiger partial charge in [-0.2, -0.15) is 0 Å². The molecule has 0 spiro atoms. The fourth-order valence-corrected chi connectivity index (χ4v) is 10.6. The predicted octanol–water partition coefficient (Wildman–Crippen LogP) is 16.0. The molecule has 0 saturated carbocycles. The second kappa shape index (κ2) is 11.9. The van der Waals surface area contributed by atoms with E-state index in [1.807, 2.05) is 11.3 Å². The number of rotatable bonds is 3. The molecule has 0 aliphatic rings. The molecule has 254 valence electrons. The largest absolute Gasteiger partial charge is 0.135 e. The summed E-state index contributed by atoms with van der Waals surface area (Å²) in [5, 5.41) is 18.2. The van der Waals surface area contributed by atoms with E-state index in [9.17, 15) is 0 Å². The maximum absolute atomic E-state index is 2.45. The van der Waals surface area contributed by atoms with Crippen LogP contribution >= 0.6 is 11.3 Å². The number of hydrogen-bond acceptors (Lipinski definition) is 1. The average Bonchev–Trinajstić information content (AvgIpc) is 3.65. The van der Waals surface area contributed by atoms with Gasteiger partial charge >= 0.3 is 0 Å². The van der Waals surface area contributed by atoms with Crippen molar-refractivity contribution in [3.63, 3.8) is 0 Å². The molecule has 0 amide bonds. The van der Waals surface area contributed by atoms with E-state index in [0.29, 0.717) is 0 Å². The van der Waals surface area contributed by atoms with Gasteiger partial charge in [0.05, 0.1) is 0 Å². The molecule has 0 radical (unpaired) electrons. The summed E-state index contributed by atoms with van der Waals surface area (Å²) in [4.78, 5) is 0. The van der Waals surface area contributed by atoms with Gasteiger partial charge in [-0.3, -0.25) is 0 Å². The minimum absolute atomic E-state index is 1.23. The van der Waals surface area contributed by atoms with E-state index in [0.717, 1.165) is 0 Å². The van der Waals surface area contributed by atoms with Crippen LogP contribution in [0.4, 0.5) is 0 Å². The molecule has 11 aromatic carbocycles. The Morgan fingerprint density at radius 1 is 0.236 bits per heavy atom. The first-order chi connectivity index (χ1) is 27.3. The molecule has 0 nitrogen and oxygen atoms in total. The summed E-state index contributed by atoms with van der Waals surface area (Å²) < 4.78 is 2.72. The van der Waals surface area contributed by atoms with E-state index in [4.69, 9.17) is 0 Å². The van der Waals surface area contributed by atoms with Crippen LogP contribution in [-0.2, 0) is 0 Å².